The van der Waals surface area contributed by atoms with Gasteiger partial charge in [0.2, 0.25) is 11.0 Å². The van der Waals surface area contributed by atoms with Gasteiger partial charge in [0.25, 0.3) is 0 Å². The van der Waals surface area contributed by atoms with E-state index in [-0.39, 0.29) is 11.9 Å². The molecule has 1 amide bonds. The summed E-state index contributed by atoms with van der Waals surface area (Å²) < 4.78 is 11.1. The molecule has 5 nitrogen and oxygen atoms in total. The zero-order chi connectivity index (χ0) is 18.5. The van der Waals surface area contributed by atoms with E-state index in [0.717, 1.165) is 32.7 Å². The number of hydrogen-bond acceptors (Lipinski definition) is 5. The van der Waals surface area contributed by atoms with Crippen LogP contribution in [0.15, 0.2) is 54.7 Å². The van der Waals surface area contributed by atoms with Gasteiger partial charge in [-0.1, -0.05) is 23.5 Å². The van der Waals surface area contributed by atoms with Crippen molar-refractivity contribution in [1.29, 1.82) is 0 Å². The van der Waals surface area contributed by atoms with E-state index in [4.69, 9.17) is 9.47 Å². The molecule has 6 heteroatoms. The molecule has 3 rings (SSSR count). The van der Waals surface area contributed by atoms with E-state index in [1.807, 2.05) is 55.5 Å². The van der Waals surface area contributed by atoms with Crippen molar-refractivity contribution in [2.75, 3.05) is 7.11 Å². The highest BCUT2D eigenvalue weighted by Gasteiger charge is 2.09. The van der Waals surface area contributed by atoms with Gasteiger partial charge in [-0.15, -0.1) is 0 Å². The number of methoxy groups -OCH3 is 1. The van der Waals surface area contributed by atoms with Gasteiger partial charge in [0.1, 0.15) is 16.5 Å². The Morgan fingerprint density at radius 3 is 2.35 bits per heavy atom. The molecule has 134 valence electrons. The second-order valence-corrected chi connectivity index (χ2v) is 6.80. The molecule has 1 heterocycles. The van der Waals surface area contributed by atoms with Gasteiger partial charge in [-0.25, -0.2) is 4.98 Å². The molecule has 1 aromatic heterocycles. The zero-order valence-corrected chi connectivity index (χ0v) is 15.7. The van der Waals surface area contributed by atoms with Gasteiger partial charge in [-0.2, -0.15) is 0 Å². The predicted molar refractivity (Wildman–Crippen MR) is 103 cm³/mol. The van der Waals surface area contributed by atoms with Gasteiger partial charge >= 0.3 is 0 Å². The van der Waals surface area contributed by atoms with Crippen LogP contribution in [0.2, 0.25) is 0 Å². The number of nitrogens with zero attached hydrogens (tertiary/aromatic N) is 1. The van der Waals surface area contributed by atoms with E-state index in [1.165, 1.54) is 18.3 Å². The molecule has 0 spiro atoms. The molecule has 0 saturated heterocycles. The average Bonchev–Trinajstić information content (AvgIpc) is 3.10. The summed E-state index contributed by atoms with van der Waals surface area (Å²) in [6.45, 7) is 3.46. The summed E-state index contributed by atoms with van der Waals surface area (Å²) in [6, 6.07) is 15.4. The molecule has 0 fully saturated rings. The van der Waals surface area contributed by atoms with Crippen molar-refractivity contribution in [3.05, 3.63) is 60.3 Å². The fourth-order valence-electron chi connectivity index (χ4n) is 2.50. The molecule has 1 N–H and O–H groups in total. The number of hydrogen-bond donors (Lipinski definition) is 1. The molecule has 1 unspecified atom stereocenters. The van der Waals surface area contributed by atoms with E-state index in [2.05, 4.69) is 10.3 Å². The summed E-state index contributed by atoms with van der Waals surface area (Å²) in [5, 5.41) is 4.47. The maximum absolute atomic E-state index is 11.1. The summed E-state index contributed by atoms with van der Waals surface area (Å²) in [5.41, 5.74) is 2.04. The smallest absolute Gasteiger partial charge is 0.217 e. The van der Waals surface area contributed by atoms with Crippen molar-refractivity contribution in [2.24, 2.45) is 0 Å². The molecule has 26 heavy (non-hydrogen) atoms. The lowest BCUT2D eigenvalue weighted by molar-refractivity contribution is -0.119. The lowest BCUT2D eigenvalue weighted by Gasteiger charge is -2.13. The molecule has 0 aliphatic carbocycles. The van der Waals surface area contributed by atoms with Crippen LogP contribution < -0.4 is 14.8 Å². The third-order valence-corrected chi connectivity index (χ3v) is 4.76. The van der Waals surface area contributed by atoms with Crippen LogP contribution in [0, 0.1) is 0 Å². The largest absolute Gasteiger partial charge is 0.497 e. The van der Waals surface area contributed by atoms with Crippen molar-refractivity contribution < 1.29 is 14.3 Å². The number of carbonyl (C=O) groups excluding carboxylic acids is 1. The lowest BCUT2D eigenvalue weighted by Crippen LogP contribution is -2.23. The van der Waals surface area contributed by atoms with Crippen LogP contribution in [-0.4, -0.2) is 18.0 Å². The summed E-state index contributed by atoms with van der Waals surface area (Å²) >= 11 is 1.48. The van der Waals surface area contributed by atoms with Crippen LogP contribution in [0.3, 0.4) is 0 Å². The highest BCUT2D eigenvalue weighted by atomic mass is 32.1. The van der Waals surface area contributed by atoms with Crippen LogP contribution in [0.1, 0.15) is 25.5 Å². The van der Waals surface area contributed by atoms with Crippen LogP contribution >= 0.6 is 11.3 Å². The Kier molecular flexibility index (Phi) is 5.53. The number of aromatic nitrogens is 1. The minimum absolute atomic E-state index is 0.0355. The molecular formula is C20H20N2O3S. The molecule has 0 aliphatic heterocycles. The topological polar surface area (TPSA) is 60.5 Å². The lowest BCUT2D eigenvalue weighted by atomic mass is 10.1. The van der Waals surface area contributed by atoms with Crippen molar-refractivity contribution in [3.63, 3.8) is 0 Å². The number of benzene rings is 2. The number of rotatable bonds is 6. The molecular weight excluding hydrogens is 348 g/mol. The first-order valence-corrected chi connectivity index (χ1v) is 9.02. The molecule has 0 radical (unpaired) electrons. The third kappa shape index (κ3) is 4.40. The highest BCUT2D eigenvalue weighted by Crippen LogP contribution is 2.34. The standard InChI is InChI=1S/C20H20N2O3S/c1-13(22-14(2)23)15-4-10-18(11-5-15)25-19-12-21-20(26-19)16-6-8-17(24-3)9-7-16/h4-13H,1-3H3,(H,22,23). The van der Waals surface area contributed by atoms with Gasteiger partial charge in [0.15, 0.2) is 0 Å². The third-order valence-electron chi connectivity index (χ3n) is 3.84. The first-order valence-electron chi connectivity index (χ1n) is 8.20. The van der Waals surface area contributed by atoms with E-state index in [1.54, 1.807) is 13.3 Å². The maximum Gasteiger partial charge on any atom is 0.217 e. The summed E-state index contributed by atoms with van der Waals surface area (Å²) in [6.07, 6.45) is 1.72. The van der Waals surface area contributed by atoms with E-state index >= 15 is 0 Å². The molecule has 0 bridgehead atoms. The van der Waals surface area contributed by atoms with Crippen molar-refractivity contribution in [2.45, 2.75) is 19.9 Å². The number of thiazole rings is 1. The van der Waals surface area contributed by atoms with Gasteiger partial charge in [-0.05, 0) is 48.9 Å². The molecule has 0 saturated carbocycles. The Balaban J connectivity index is 1.67. The first-order chi connectivity index (χ1) is 12.5. The minimum atomic E-state index is -0.0476. The monoisotopic (exact) mass is 368 g/mol. The summed E-state index contributed by atoms with van der Waals surface area (Å²) in [5.74, 6) is 1.50. The number of ether oxygens (including phenoxy) is 2. The Labute approximate surface area is 156 Å². The van der Waals surface area contributed by atoms with E-state index in [9.17, 15) is 4.79 Å². The Bertz CT molecular complexity index is 873. The van der Waals surface area contributed by atoms with Crippen molar-refractivity contribution in [1.82, 2.24) is 10.3 Å². The molecule has 3 aromatic rings. The number of carbonyl (C=O) groups is 1. The SMILES string of the molecule is COc1ccc(-c2ncc(Oc3ccc(C(C)NC(C)=O)cc3)s2)cc1. The van der Waals surface area contributed by atoms with Gasteiger partial charge < -0.3 is 14.8 Å². The molecule has 0 aliphatic rings. The number of amides is 1. The Morgan fingerprint density at radius 2 is 1.73 bits per heavy atom. The predicted octanol–water partition coefficient (Wildman–Crippen LogP) is 4.81. The fraction of sp³-hybridized carbons (Fsp3) is 0.200. The average molecular weight is 368 g/mol. The quantitative estimate of drug-likeness (QED) is 0.678. The summed E-state index contributed by atoms with van der Waals surface area (Å²) in [7, 11) is 1.65. The molecule has 1 atom stereocenters. The minimum Gasteiger partial charge on any atom is -0.497 e. The zero-order valence-electron chi connectivity index (χ0n) is 14.9. The van der Waals surface area contributed by atoms with E-state index in [0.29, 0.717) is 0 Å². The summed E-state index contributed by atoms with van der Waals surface area (Å²) in [4.78, 5) is 15.6. The van der Waals surface area contributed by atoms with Crippen LogP contribution in [0.25, 0.3) is 10.6 Å². The molecule has 2 aromatic carbocycles. The fourth-order valence-corrected chi connectivity index (χ4v) is 3.30. The Morgan fingerprint density at radius 1 is 1.08 bits per heavy atom. The normalized spacial score (nSPS) is 11.7. The number of nitrogens with one attached hydrogen (secondary N) is 1. The van der Waals surface area contributed by atoms with Crippen molar-refractivity contribution >= 4 is 17.2 Å². The van der Waals surface area contributed by atoms with Crippen LogP contribution in [-0.2, 0) is 4.79 Å². The van der Waals surface area contributed by atoms with Crippen molar-refractivity contribution in [3.8, 4) is 27.1 Å². The second kappa shape index (κ2) is 8.01. The van der Waals surface area contributed by atoms with Crippen LogP contribution in [0.5, 0.6) is 16.6 Å². The Hall–Kier alpha value is -2.86. The second-order valence-electron chi connectivity index (χ2n) is 5.81. The van der Waals surface area contributed by atoms with Gasteiger partial charge in [0, 0.05) is 12.5 Å². The van der Waals surface area contributed by atoms with Crippen LogP contribution in [0.4, 0.5) is 0 Å². The maximum atomic E-state index is 11.1. The van der Waals surface area contributed by atoms with Gasteiger partial charge in [-0.3, -0.25) is 4.79 Å². The van der Waals surface area contributed by atoms with Gasteiger partial charge in [0.05, 0.1) is 19.3 Å². The van der Waals surface area contributed by atoms with E-state index < -0.39 is 0 Å². The first kappa shape index (κ1) is 17.9. The highest BCUT2D eigenvalue weighted by molar-refractivity contribution is 7.16.